The van der Waals surface area contributed by atoms with Crippen molar-refractivity contribution in [2.75, 3.05) is 6.61 Å². The van der Waals surface area contributed by atoms with Crippen molar-refractivity contribution in [1.82, 2.24) is 0 Å². The van der Waals surface area contributed by atoms with Gasteiger partial charge in [-0.15, -0.1) is 0 Å². The second kappa shape index (κ2) is 6.89. The number of benzene rings is 1. The minimum atomic E-state index is 0.0437. The standard InChI is InChI=1S/C13H20ClNO/c1-3-8-16-13(10(2)15)9-11-4-6-12(14)7-5-11/h4-7,10,13H,3,8-9,15H2,1-2H3/t10-,13-/m1/s1. The maximum Gasteiger partial charge on any atom is 0.0763 e. The van der Waals surface area contributed by atoms with Gasteiger partial charge in [0, 0.05) is 24.1 Å². The monoisotopic (exact) mass is 241 g/mol. The second-order valence-corrected chi connectivity index (χ2v) is 4.54. The number of nitrogens with two attached hydrogens (primary N) is 1. The fourth-order valence-electron chi connectivity index (χ4n) is 1.52. The van der Waals surface area contributed by atoms with Gasteiger partial charge in [-0.3, -0.25) is 0 Å². The van der Waals surface area contributed by atoms with Gasteiger partial charge < -0.3 is 10.5 Å². The number of ether oxygens (including phenoxy) is 1. The molecule has 0 aliphatic rings. The molecule has 0 bridgehead atoms. The number of hydrogen-bond donors (Lipinski definition) is 1. The fraction of sp³-hybridized carbons (Fsp3) is 0.538. The van der Waals surface area contributed by atoms with Crippen LogP contribution in [0.2, 0.25) is 5.02 Å². The van der Waals surface area contributed by atoms with Crippen LogP contribution in [0.1, 0.15) is 25.8 Å². The highest BCUT2D eigenvalue weighted by atomic mass is 35.5. The Bertz CT molecular complexity index is 297. The van der Waals surface area contributed by atoms with Gasteiger partial charge in [0.1, 0.15) is 0 Å². The molecule has 2 N–H and O–H groups in total. The molecular formula is C13H20ClNO. The molecule has 0 unspecified atom stereocenters. The van der Waals surface area contributed by atoms with Crippen LogP contribution >= 0.6 is 11.6 Å². The summed E-state index contributed by atoms with van der Waals surface area (Å²) < 4.78 is 5.73. The van der Waals surface area contributed by atoms with Gasteiger partial charge in [0.05, 0.1) is 6.10 Å². The van der Waals surface area contributed by atoms with Crippen molar-refractivity contribution >= 4 is 11.6 Å². The minimum Gasteiger partial charge on any atom is -0.376 e. The van der Waals surface area contributed by atoms with Crippen molar-refractivity contribution in [3.63, 3.8) is 0 Å². The lowest BCUT2D eigenvalue weighted by Gasteiger charge is -2.21. The predicted octanol–water partition coefficient (Wildman–Crippen LogP) is 3.02. The average molecular weight is 242 g/mol. The predicted molar refractivity (Wildman–Crippen MR) is 68.8 cm³/mol. The quantitative estimate of drug-likeness (QED) is 0.831. The van der Waals surface area contributed by atoms with Crippen molar-refractivity contribution in [2.24, 2.45) is 5.73 Å². The first-order chi connectivity index (χ1) is 7.63. The van der Waals surface area contributed by atoms with Crippen molar-refractivity contribution in [3.8, 4) is 0 Å². The Balaban J connectivity index is 2.57. The van der Waals surface area contributed by atoms with Crippen molar-refractivity contribution in [3.05, 3.63) is 34.9 Å². The molecule has 0 heterocycles. The van der Waals surface area contributed by atoms with E-state index in [4.69, 9.17) is 22.1 Å². The van der Waals surface area contributed by atoms with Crippen LogP contribution in [0.15, 0.2) is 24.3 Å². The van der Waals surface area contributed by atoms with Crippen LogP contribution in [0, 0.1) is 0 Å². The zero-order valence-corrected chi connectivity index (χ0v) is 10.7. The lowest BCUT2D eigenvalue weighted by atomic mass is 10.0. The summed E-state index contributed by atoms with van der Waals surface area (Å²) >= 11 is 5.84. The van der Waals surface area contributed by atoms with E-state index in [0.29, 0.717) is 0 Å². The molecule has 0 saturated heterocycles. The summed E-state index contributed by atoms with van der Waals surface area (Å²) in [7, 11) is 0. The highest BCUT2D eigenvalue weighted by molar-refractivity contribution is 6.30. The van der Waals surface area contributed by atoms with Gasteiger partial charge in [-0.25, -0.2) is 0 Å². The summed E-state index contributed by atoms with van der Waals surface area (Å²) in [6.45, 7) is 4.84. The van der Waals surface area contributed by atoms with Gasteiger partial charge in [0.25, 0.3) is 0 Å². The second-order valence-electron chi connectivity index (χ2n) is 4.10. The van der Waals surface area contributed by atoms with Crippen molar-refractivity contribution in [1.29, 1.82) is 0 Å². The van der Waals surface area contributed by atoms with E-state index in [2.05, 4.69) is 6.92 Å². The van der Waals surface area contributed by atoms with Gasteiger partial charge in [-0.1, -0.05) is 30.7 Å². The molecule has 2 atom stereocenters. The summed E-state index contributed by atoms with van der Waals surface area (Å²) in [5.41, 5.74) is 7.12. The first kappa shape index (κ1) is 13.5. The first-order valence-corrected chi connectivity index (χ1v) is 6.13. The van der Waals surface area contributed by atoms with Crippen LogP contribution in [-0.2, 0) is 11.2 Å². The van der Waals surface area contributed by atoms with E-state index < -0.39 is 0 Å². The third-order valence-electron chi connectivity index (χ3n) is 2.47. The third kappa shape index (κ3) is 4.52. The first-order valence-electron chi connectivity index (χ1n) is 5.75. The van der Waals surface area contributed by atoms with E-state index in [9.17, 15) is 0 Å². The van der Waals surface area contributed by atoms with Gasteiger partial charge in [0.15, 0.2) is 0 Å². The van der Waals surface area contributed by atoms with Crippen LogP contribution in [0.5, 0.6) is 0 Å². The number of halogens is 1. The SMILES string of the molecule is CCCO[C@H](Cc1ccc(Cl)cc1)[C@@H](C)N. The molecule has 90 valence electrons. The molecule has 1 aromatic rings. The molecule has 0 radical (unpaired) electrons. The summed E-state index contributed by atoms with van der Waals surface area (Å²) in [6.07, 6.45) is 1.94. The lowest BCUT2D eigenvalue weighted by Crippen LogP contribution is -2.36. The molecule has 0 aromatic heterocycles. The molecular weight excluding hydrogens is 222 g/mol. The molecule has 0 aliphatic heterocycles. The Hall–Kier alpha value is -0.570. The van der Waals surface area contributed by atoms with Crippen LogP contribution < -0.4 is 5.73 Å². The molecule has 0 fully saturated rings. The van der Waals surface area contributed by atoms with Crippen LogP contribution in [-0.4, -0.2) is 18.8 Å². The normalized spacial score (nSPS) is 14.8. The Morgan fingerprint density at radius 3 is 2.44 bits per heavy atom. The highest BCUT2D eigenvalue weighted by Gasteiger charge is 2.14. The van der Waals surface area contributed by atoms with E-state index in [-0.39, 0.29) is 12.1 Å². The molecule has 0 aliphatic carbocycles. The largest absolute Gasteiger partial charge is 0.376 e. The van der Waals surface area contributed by atoms with Crippen molar-refractivity contribution in [2.45, 2.75) is 38.8 Å². The van der Waals surface area contributed by atoms with E-state index in [1.165, 1.54) is 5.56 Å². The molecule has 2 nitrogen and oxygen atoms in total. The van der Waals surface area contributed by atoms with Crippen LogP contribution in [0.25, 0.3) is 0 Å². The zero-order valence-electron chi connectivity index (χ0n) is 9.95. The maximum atomic E-state index is 5.90. The molecule has 0 saturated carbocycles. The Labute approximate surface area is 103 Å². The highest BCUT2D eigenvalue weighted by Crippen LogP contribution is 2.13. The van der Waals surface area contributed by atoms with E-state index >= 15 is 0 Å². The van der Waals surface area contributed by atoms with E-state index in [0.717, 1.165) is 24.5 Å². The summed E-state index contributed by atoms with van der Waals surface area (Å²) in [6, 6.07) is 7.88. The third-order valence-corrected chi connectivity index (χ3v) is 2.72. The summed E-state index contributed by atoms with van der Waals surface area (Å²) in [5.74, 6) is 0. The average Bonchev–Trinajstić information content (AvgIpc) is 2.26. The number of rotatable bonds is 6. The minimum absolute atomic E-state index is 0.0437. The molecule has 0 spiro atoms. The summed E-state index contributed by atoms with van der Waals surface area (Å²) in [5, 5.41) is 0.760. The van der Waals surface area contributed by atoms with Crippen LogP contribution in [0.3, 0.4) is 0 Å². The lowest BCUT2D eigenvalue weighted by molar-refractivity contribution is 0.0401. The Morgan fingerprint density at radius 1 is 1.31 bits per heavy atom. The van der Waals surface area contributed by atoms with Crippen molar-refractivity contribution < 1.29 is 4.74 Å². The molecule has 1 aromatic carbocycles. The molecule has 16 heavy (non-hydrogen) atoms. The zero-order chi connectivity index (χ0) is 12.0. The molecule has 1 rings (SSSR count). The smallest absolute Gasteiger partial charge is 0.0763 e. The Kier molecular flexibility index (Phi) is 5.81. The molecule has 0 amide bonds. The van der Waals surface area contributed by atoms with Gasteiger partial charge >= 0.3 is 0 Å². The van der Waals surface area contributed by atoms with Gasteiger partial charge in [-0.2, -0.15) is 0 Å². The van der Waals surface area contributed by atoms with Crippen LogP contribution in [0.4, 0.5) is 0 Å². The van der Waals surface area contributed by atoms with Gasteiger partial charge in [0.2, 0.25) is 0 Å². The Morgan fingerprint density at radius 2 is 1.94 bits per heavy atom. The van der Waals surface area contributed by atoms with Gasteiger partial charge in [-0.05, 0) is 31.0 Å². The maximum absolute atomic E-state index is 5.90. The number of hydrogen-bond acceptors (Lipinski definition) is 2. The fourth-order valence-corrected chi connectivity index (χ4v) is 1.64. The summed E-state index contributed by atoms with van der Waals surface area (Å²) in [4.78, 5) is 0. The molecule has 3 heteroatoms. The van der Waals surface area contributed by atoms with E-state index in [1.807, 2.05) is 31.2 Å². The van der Waals surface area contributed by atoms with E-state index in [1.54, 1.807) is 0 Å². The topological polar surface area (TPSA) is 35.2 Å².